The Morgan fingerprint density at radius 3 is 2.41 bits per heavy atom. The zero-order chi connectivity index (χ0) is 12.7. The number of hydrogen-bond donors (Lipinski definition) is 1. The lowest BCUT2D eigenvalue weighted by Crippen LogP contribution is -2.24. The van der Waals surface area contributed by atoms with Gasteiger partial charge in [-0.05, 0) is 56.1 Å². The first kappa shape index (κ1) is 14.5. The first-order chi connectivity index (χ1) is 8.13. The van der Waals surface area contributed by atoms with E-state index in [9.17, 15) is 0 Å². The second-order valence-electron chi connectivity index (χ2n) is 4.65. The number of halogens is 1. The fourth-order valence-corrected chi connectivity index (χ4v) is 2.06. The lowest BCUT2D eigenvalue weighted by molar-refractivity contribution is 0.246. The topological polar surface area (TPSA) is 21.3 Å². The van der Waals surface area contributed by atoms with E-state index in [0.29, 0.717) is 11.8 Å². The molecule has 1 N–H and O–H groups in total. The fourth-order valence-electron chi connectivity index (χ4n) is 1.79. The number of nitrogens with one attached hydrogen (secondary N) is 1. The summed E-state index contributed by atoms with van der Waals surface area (Å²) < 4.78 is 6.82. The van der Waals surface area contributed by atoms with Crippen molar-refractivity contribution in [3.63, 3.8) is 0 Å². The molecule has 2 nitrogen and oxygen atoms in total. The number of ether oxygens (including phenoxy) is 1. The predicted molar refractivity (Wildman–Crippen MR) is 76.5 cm³/mol. The van der Waals surface area contributed by atoms with E-state index in [1.807, 2.05) is 31.3 Å². The fraction of sp³-hybridized carbons (Fsp3) is 0.571. The van der Waals surface area contributed by atoms with Gasteiger partial charge in [0, 0.05) is 4.47 Å². The van der Waals surface area contributed by atoms with Gasteiger partial charge in [0.2, 0.25) is 0 Å². The normalized spacial score (nSPS) is 12.8. The molecule has 17 heavy (non-hydrogen) atoms. The van der Waals surface area contributed by atoms with Crippen LogP contribution < -0.4 is 10.1 Å². The van der Waals surface area contributed by atoms with Gasteiger partial charge in [0.15, 0.2) is 0 Å². The third-order valence-corrected chi connectivity index (χ3v) is 3.51. The molecular formula is C14H22BrNO. The molecule has 0 spiro atoms. The van der Waals surface area contributed by atoms with Crippen LogP contribution in [0.15, 0.2) is 28.7 Å². The molecule has 1 aromatic carbocycles. The quantitative estimate of drug-likeness (QED) is 0.829. The van der Waals surface area contributed by atoms with Crippen molar-refractivity contribution in [3.05, 3.63) is 28.7 Å². The lowest BCUT2D eigenvalue weighted by atomic mass is 9.93. The first-order valence-electron chi connectivity index (χ1n) is 6.16. The van der Waals surface area contributed by atoms with E-state index in [4.69, 9.17) is 4.74 Å². The highest BCUT2D eigenvalue weighted by Crippen LogP contribution is 2.18. The Labute approximate surface area is 113 Å². The molecule has 0 aliphatic heterocycles. The highest BCUT2D eigenvalue weighted by Gasteiger charge is 2.12. The molecule has 0 aromatic heterocycles. The van der Waals surface area contributed by atoms with E-state index in [1.165, 1.54) is 0 Å². The summed E-state index contributed by atoms with van der Waals surface area (Å²) in [5.74, 6) is 2.31. The molecule has 0 saturated heterocycles. The van der Waals surface area contributed by atoms with Gasteiger partial charge in [0.1, 0.15) is 5.75 Å². The van der Waals surface area contributed by atoms with Crippen LogP contribution in [0.2, 0.25) is 0 Å². The van der Waals surface area contributed by atoms with Gasteiger partial charge < -0.3 is 10.1 Å². The van der Waals surface area contributed by atoms with Crippen molar-refractivity contribution < 1.29 is 4.74 Å². The minimum absolute atomic E-state index is 0.676. The highest BCUT2D eigenvalue weighted by atomic mass is 79.9. The van der Waals surface area contributed by atoms with E-state index >= 15 is 0 Å². The standard InChI is InChI=1S/C14H22BrNO/c1-11(2)12(10-16-3)8-9-17-14-6-4-13(15)5-7-14/h4-7,11-12,16H,8-10H2,1-3H3. The summed E-state index contributed by atoms with van der Waals surface area (Å²) in [6.45, 7) is 6.37. The van der Waals surface area contributed by atoms with E-state index in [2.05, 4.69) is 35.1 Å². The summed E-state index contributed by atoms with van der Waals surface area (Å²) in [7, 11) is 2.00. The Morgan fingerprint density at radius 1 is 1.24 bits per heavy atom. The second kappa shape index (κ2) is 7.72. The summed E-state index contributed by atoms with van der Waals surface area (Å²) in [4.78, 5) is 0. The van der Waals surface area contributed by atoms with Gasteiger partial charge in [-0.15, -0.1) is 0 Å². The van der Waals surface area contributed by atoms with Crippen LogP contribution in [-0.4, -0.2) is 20.2 Å². The molecule has 0 aliphatic rings. The third-order valence-electron chi connectivity index (χ3n) is 2.98. The molecule has 0 bridgehead atoms. The maximum absolute atomic E-state index is 5.74. The molecule has 0 aliphatic carbocycles. The maximum Gasteiger partial charge on any atom is 0.119 e. The first-order valence-corrected chi connectivity index (χ1v) is 6.95. The van der Waals surface area contributed by atoms with Gasteiger partial charge in [-0.1, -0.05) is 29.8 Å². The molecular weight excluding hydrogens is 278 g/mol. The minimum Gasteiger partial charge on any atom is -0.494 e. The van der Waals surface area contributed by atoms with Crippen molar-refractivity contribution in [1.82, 2.24) is 5.32 Å². The van der Waals surface area contributed by atoms with E-state index < -0.39 is 0 Å². The van der Waals surface area contributed by atoms with Crippen LogP contribution in [0, 0.1) is 11.8 Å². The number of rotatable bonds is 7. The molecule has 96 valence electrons. The molecule has 0 heterocycles. The molecule has 0 amide bonds. The molecule has 0 saturated carbocycles. The van der Waals surface area contributed by atoms with Crippen molar-refractivity contribution in [1.29, 1.82) is 0 Å². The van der Waals surface area contributed by atoms with Crippen molar-refractivity contribution in [2.75, 3.05) is 20.2 Å². The van der Waals surface area contributed by atoms with Gasteiger partial charge >= 0.3 is 0 Å². The van der Waals surface area contributed by atoms with Crippen LogP contribution in [0.1, 0.15) is 20.3 Å². The van der Waals surface area contributed by atoms with E-state index in [0.717, 1.165) is 29.8 Å². The Balaban J connectivity index is 2.33. The second-order valence-corrected chi connectivity index (χ2v) is 5.57. The molecule has 1 unspecified atom stereocenters. The Kier molecular flexibility index (Phi) is 6.60. The van der Waals surface area contributed by atoms with Crippen molar-refractivity contribution in [2.45, 2.75) is 20.3 Å². The van der Waals surface area contributed by atoms with Crippen LogP contribution in [-0.2, 0) is 0 Å². The van der Waals surface area contributed by atoms with Crippen molar-refractivity contribution in [3.8, 4) is 5.75 Å². The van der Waals surface area contributed by atoms with Gasteiger partial charge in [0.25, 0.3) is 0 Å². The summed E-state index contributed by atoms with van der Waals surface area (Å²) in [6, 6.07) is 7.99. The van der Waals surface area contributed by atoms with Crippen molar-refractivity contribution >= 4 is 15.9 Å². The zero-order valence-corrected chi connectivity index (χ0v) is 12.5. The largest absolute Gasteiger partial charge is 0.494 e. The maximum atomic E-state index is 5.74. The summed E-state index contributed by atoms with van der Waals surface area (Å²) in [5, 5.41) is 3.24. The molecule has 1 aromatic rings. The van der Waals surface area contributed by atoms with Crippen LogP contribution in [0.5, 0.6) is 5.75 Å². The smallest absolute Gasteiger partial charge is 0.119 e. The SMILES string of the molecule is CNCC(CCOc1ccc(Br)cc1)C(C)C. The predicted octanol–water partition coefficient (Wildman–Crippen LogP) is 3.71. The lowest BCUT2D eigenvalue weighted by Gasteiger charge is -2.20. The van der Waals surface area contributed by atoms with Crippen LogP contribution in [0.25, 0.3) is 0 Å². The third kappa shape index (κ3) is 5.55. The highest BCUT2D eigenvalue weighted by molar-refractivity contribution is 9.10. The van der Waals surface area contributed by atoms with Crippen molar-refractivity contribution in [2.24, 2.45) is 11.8 Å². The Morgan fingerprint density at radius 2 is 1.88 bits per heavy atom. The monoisotopic (exact) mass is 299 g/mol. The van der Waals surface area contributed by atoms with E-state index in [-0.39, 0.29) is 0 Å². The molecule has 1 atom stereocenters. The van der Waals surface area contributed by atoms with Gasteiger partial charge in [-0.25, -0.2) is 0 Å². The molecule has 0 fully saturated rings. The van der Waals surface area contributed by atoms with Gasteiger partial charge in [-0.2, -0.15) is 0 Å². The Bertz CT molecular complexity index is 311. The number of benzene rings is 1. The van der Waals surface area contributed by atoms with Gasteiger partial charge in [0.05, 0.1) is 6.61 Å². The summed E-state index contributed by atoms with van der Waals surface area (Å²) >= 11 is 3.41. The van der Waals surface area contributed by atoms with E-state index in [1.54, 1.807) is 0 Å². The molecule has 3 heteroatoms. The summed E-state index contributed by atoms with van der Waals surface area (Å²) in [5.41, 5.74) is 0. The zero-order valence-electron chi connectivity index (χ0n) is 10.9. The molecule has 1 rings (SSSR count). The average molecular weight is 300 g/mol. The van der Waals surface area contributed by atoms with Gasteiger partial charge in [-0.3, -0.25) is 0 Å². The average Bonchev–Trinajstić information content (AvgIpc) is 2.30. The van der Waals surface area contributed by atoms with Crippen LogP contribution in [0.4, 0.5) is 0 Å². The minimum atomic E-state index is 0.676. The Hall–Kier alpha value is -0.540. The summed E-state index contributed by atoms with van der Waals surface area (Å²) in [6.07, 6.45) is 1.09. The molecule has 0 radical (unpaired) electrons. The van der Waals surface area contributed by atoms with Crippen LogP contribution >= 0.6 is 15.9 Å². The van der Waals surface area contributed by atoms with Crippen LogP contribution in [0.3, 0.4) is 0 Å². The number of hydrogen-bond acceptors (Lipinski definition) is 2.